The second-order valence-electron chi connectivity index (χ2n) is 4.81. The highest BCUT2D eigenvalue weighted by molar-refractivity contribution is 5.96. The minimum absolute atomic E-state index is 0.113. The Kier molecular flexibility index (Phi) is 3.39. The number of hydrogen-bond acceptors (Lipinski definition) is 5. The van der Waals surface area contributed by atoms with Crippen molar-refractivity contribution in [2.45, 2.75) is 18.9 Å². The van der Waals surface area contributed by atoms with E-state index in [2.05, 4.69) is 10.1 Å². The fraction of sp³-hybridized carbons (Fsp3) is 0.286. The van der Waals surface area contributed by atoms with Gasteiger partial charge in [0.15, 0.2) is 11.5 Å². The van der Waals surface area contributed by atoms with Gasteiger partial charge in [-0.2, -0.15) is 0 Å². The number of nitrogens with zero attached hydrogens (tertiary/aromatic N) is 3. The van der Waals surface area contributed by atoms with Gasteiger partial charge in [-0.25, -0.2) is 4.79 Å². The summed E-state index contributed by atoms with van der Waals surface area (Å²) in [5.41, 5.74) is 0.822. The number of carbonyl (C=O) groups is 2. The summed E-state index contributed by atoms with van der Waals surface area (Å²) in [5.74, 6) is -0.979. The number of hydrogen-bond donors (Lipinski definition) is 1. The fourth-order valence-corrected chi connectivity index (χ4v) is 2.43. The van der Waals surface area contributed by atoms with Gasteiger partial charge in [0.1, 0.15) is 6.04 Å². The summed E-state index contributed by atoms with van der Waals surface area (Å²) >= 11 is 0. The minimum atomic E-state index is -0.989. The molecule has 21 heavy (non-hydrogen) atoms. The lowest BCUT2D eigenvalue weighted by Gasteiger charge is -2.19. The molecule has 1 amide bonds. The van der Waals surface area contributed by atoms with Gasteiger partial charge >= 0.3 is 5.97 Å². The third kappa shape index (κ3) is 2.49. The molecule has 1 atom stereocenters. The van der Waals surface area contributed by atoms with Crippen molar-refractivity contribution >= 4 is 11.9 Å². The van der Waals surface area contributed by atoms with E-state index in [1.165, 1.54) is 11.0 Å². The molecule has 0 spiro atoms. The molecule has 1 saturated heterocycles. The molecule has 2 aromatic rings. The normalized spacial score (nSPS) is 17.9. The molecule has 7 heteroatoms. The van der Waals surface area contributed by atoms with Crippen LogP contribution in [0.4, 0.5) is 0 Å². The van der Waals surface area contributed by atoms with Gasteiger partial charge < -0.3 is 14.5 Å². The summed E-state index contributed by atoms with van der Waals surface area (Å²) in [6.45, 7) is 0.422. The highest BCUT2D eigenvalue weighted by atomic mass is 16.5. The quantitative estimate of drug-likeness (QED) is 0.917. The van der Waals surface area contributed by atoms with Crippen LogP contribution in [0.1, 0.15) is 23.3 Å². The maximum Gasteiger partial charge on any atom is 0.326 e. The molecule has 1 aliphatic rings. The second-order valence-corrected chi connectivity index (χ2v) is 4.81. The zero-order valence-electron chi connectivity index (χ0n) is 11.1. The van der Waals surface area contributed by atoms with Gasteiger partial charge in [0.25, 0.3) is 5.91 Å². The maximum absolute atomic E-state index is 12.3. The summed E-state index contributed by atoms with van der Waals surface area (Å²) < 4.78 is 5.14. The lowest BCUT2D eigenvalue weighted by Crippen LogP contribution is -2.40. The number of carbonyl (C=O) groups excluding carboxylic acids is 1. The van der Waals surface area contributed by atoms with E-state index < -0.39 is 17.9 Å². The molecular formula is C14H13N3O4. The van der Waals surface area contributed by atoms with Crippen molar-refractivity contribution in [2.24, 2.45) is 0 Å². The minimum Gasteiger partial charge on any atom is -0.480 e. The molecule has 1 N–H and O–H groups in total. The van der Waals surface area contributed by atoms with Crippen molar-refractivity contribution in [3.8, 4) is 11.3 Å². The Morgan fingerprint density at radius 3 is 3.00 bits per heavy atom. The summed E-state index contributed by atoms with van der Waals surface area (Å²) in [7, 11) is 0. The van der Waals surface area contributed by atoms with Gasteiger partial charge in [0.05, 0.1) is 0 Å². The number of aliphatic carboxylic acids is 1. The lowest BCUT2D eigenvalue weighted by atomic mass is 10.2. The zero-order chi connectivity index (χ0) is 14.8. The molecule has 2 aromatic heterocycles. The summed E-state index contributed by atoms with van der Waals surface area (Å²) in [4.78, 5) is 28.8. The number of carboxylic acids is 1. The van der Waals surface area contributed by atoms with Crippen molar-refractivity contribution in [1.82, 2.24) is 15.0 Å². The van der Waals surface area contributed by atoms with Crippen LogP contribution in [-0.4, -0.2) is 44.6 Å². The first-order valence-corrected chi connectivity index (χ1v) is 6.57. The van der Waals surface area contributed by atoms with Crippen LogP contribution < -0.4 is 0 Å². The summed E-state index contributed by atoms with van der Waals surface area (Å²) in [5, 5.41) is 12.9. The van der Waals surface area contributed by atoms with Crippen LogP contribution in [0.15, 0.2) is 35.1 Å². The number of pyridine rings is 1. The van der Waals surface area contributed by atoms with Crippen LogP contribution in [-0.2, 0) is 4.79 Å². The second kappa shape index (κ2) is 5.35. The van der Waals surface area contributed by atoms with Gasteiger partial charge in [-0.3, -0.25) is 9.78 Å². The Morgan fingerprint density at radius 2 is 2.29 bits per heavy atom. The third-order valence-electron chi connectivity index (χ3n) is 3.47. The average molecular weight is 287 g/mol. The Labute approximate surface area is 120 Å². The first kappa shape index (κ1) is 13.3. The number of likely N-dealkylation sites (tertiary alicyclic amines) is 1. The smallest absolute Gasteiger partial charge is 0.326 e. The molecule has 0 saturated carbocycles. The van der Waals surface area contributed by atoms with E-state index in [0.717, 1.165) is 0 Å². The Hall–Kier alpha value is -2.70. The van der Waals surface area contributed by atoms with E-state index in [1.54, 1.807) is 24.5 Å². The van der Waals surface area contributed by atoms with Crippen LogP contribution >= 0.6 is 0 Å². The van der Waals surface area contributed by atoms with E-state index in [1.807, 2.05) is 0 Å². The van der Waals surface area contributed by atoms with Crippen molar-refractivity contribution in [2.75, 3.05) is 6.54 Å². The molecule has 3 rings (SSSR count). The van der Waals surface area contributed by atoms with E-state index in [4.69, 9.17) is 9.63 Å². The molecule has 1 aliphatic heterocycles. The Morgan fingerprint density at radius 1 is 1.43 bits per heavy atom. The monoisotopic (exact) mass is 287 g/mol. The molecular weight excluding hydrogens is 274 g/mol. The molecule has 0 unspecified atom stereocenters. The van der Waals surface area contributed by atoms with Crippen LogP contribution in [0.5, 0.6) is 0 Å². The number of rotatable bonds is 3. The molecule has 0 radical (unpaired) electrons. The zero-order valence-corrected chi connectivity index (χ0v) is 11.1. The molecule has 0 aromatic carbocycles. The summed E-state index contributed by atoms with van der Waals surface area (Å²) in [6, 6.07) is 4.27. The fourth-order valence-electron chi connectivity index (χ4n) is 2.43. The van der Waals surface area contributed by atoms with Crippen LogP contribution in [0.2, 0.25) is 0 Å². The highest BCUT2D eigenvalue weighted by Crippen LogP contribution is 2.23. The van der Waals surface area contributed by atoms with Crippen LogP contribution in [0.25, 0.3) is 11.3 Å². The standard InChI is InChI=1S/C14H13N3O4/c18-13(17-6-2-4-11(17)14(19)20)10-7-12(21-16-10)9-3-1-5-15-8-9/h1,3,5,7-8,11H,2,4,6H2,(H,19,20)/t11-/m0/s1. The van der Waals surface area contributed by atoms with Gasteiger partial charge in [0.2, 0.25) is 0 Å². The Balaban J connectivity index is 1.83. The van der Waals surface area contributed by atoms with Crippen molar-refractivity contribution < 1.29 is 19.2 Å². The average Bonchev–Trinajstić information content (AvgIpc) is 3.17. The van der Waals surface area contributed by atoms with Crippen molar-refractivity contribution in [3.63, 3.8) is 0 Å². The molecule has 7 nitrogen and oxygen atoms in total. The lowest BCUT2D eigenvalue weighted by molar-refractivity contribution is -0.141. The largest absolute Gasteiger partial charge is 0.480 e. The first-order valence-electron chi connectivity index (χ1n) is 6.57. The summed E-state index contributed by atoms with van der Waals surface area (Å²) in [6.07, 6.45) is 4.38. The molecule has 108 valence electrons. The number of amides is 1. The van der Waals surface area contributed by atoms with E-state index >= 15 is 0 Å². The molecule has 3 heterocycles. The van der Waals surface area contributed by atoms with E-state index in [9.17, 15) is 9.59 Å². The molecule has 0 bridgehead atoms. The highest BCUT2D eigenvalue weighted by Gasteiger charge is 2.35. The maximum atomic E-state index is 12.3. The molecule has 0 aliphatic carbocycles. The topological polar surface area (TPSA) is 96.5 Å². The van der Waals surface area contributed by atoms with Crippen molar-refractivity contribution in [1.29, 1.82) is 0 Å². The van der Waals surface area contributed by atoms with E-state index in [-0.39, 0.29) is 5.69 Å². The van der Waals surface area contributed by atoms with Crippen molar-refractivity contribution in [3.05, 3.63) is 36.3 Å². The molecule has 1 fully saturated rings. The van der Waals surface area contributed by atoms with Crippen LogP contribution in [0.3, 0.4) is 0 Å². The van der Waals surface area contributed by atoms with Gasteiger partial charge in [0, 0.05) is 30.6 Å². The predicted molar refractivity (Wildman–Crippen MR) is 71.4 cm³/mol. The van der Waals surface area contributed by atoms with Gasteiger partial charge in [-0.1, -0.05) is 5.16 Å². The number of carboxylic acid groups (broad SMARTS) is 1. The van der Waals surface area contributed by atoms with E-state index in [0.29, 0.717) is 30.7 Å². The SMILES string of the molecule is O=C(O)[C@@H]1CCCN1C(=O)c1cc(-c2cccnc2)on1. The van der Waals surface area contributed by atoms with Gasteiger partial charge in [-0.15, -0.1) is 0 Å². The number of aromatic nitrogens is 2. The first-order chi connectivity index (χ1) is 10.2. The third-order valence-corrected chi connectivity index (χ3v) is 3.47. The predicted octanol–water partition coefficient (Wildman–Crippen LogP) is 1.43. The van der Waals surface area contributed by atoms with Gasteiger partial charge in [-0.05, 0) is 25.0 Å². The Bertz CT molecular complexity index is 668. The van der Waals surface area contributed by atoms with Crippen LogP contribution in [0, 0.1) is 0 Å².